The molecule has 4 nitrogen and oxygen atoms in total. The third-order valence-electron chi connectivity index (χ3n) is 4.50. The van der Waals surface area contributed by atoms with Crippen LogP contribution in [0.25, 0.3) is 0 Å². The minimum absolute atomic E-state index is 0.413. The summed E-state index contributed by atoms with van der Waals surface area (Å²) in [7, 11) is 0. The second-order valence-electron chi connectivity index (χ2n) is 6.31. The zero-order chi connectivity index (χ0) is 13.7. The highest BCUT2D eigenvalue weighted by Crippen LogP contribution is 2.26. The maximum atomic E-state index is 10.7. The third kappa shape index (κ3) is 4.18. The van der Waals surface area contributed by atoms with Gasteiger partial charge in [-0.05, 0) is 37.5 Å². The van der Waals surface area contributed by atoms with E-state index < -0.39 is 0 Å². The first-order chi connectivity index (χ1) is 9.20. The van der Waals surface area contributed by atoms with Crippen molar-refractivity contribution in [2.75, 3.05) is 26.2 Å². The van der Waals surface area contributed by atoms with E-state index in [-0.39, 0.29) is 0 Å². The van der Waals surface area contributed by atoms with Crippen LogP contribution in [0.2, 0.25) is 0 Å². The highest BCUT2D eigenvalue weighted by molar-refractivity contribution is 5.47. The smallest absolute Gasteiger partial charge is 0.209 e. The van der Waals surface area contributed by atoms with Gasteiger partial charge in [0.15, 0.2) is 0 Å². The van der Waals surface area contributed by atoms with Gasteiger partial charge in [-0.1, -0.05) is 13.8 Å². The van der Waals surface area contributed by atoms with Gasteiger partial charge in [-0.2, -0.15) is 0 Å². The summed E-state index contributed by atoms with van der Waals surface area (Å²) in [5, 5.41) is 3.70. The summed E-state index contributed by atoms with van der Waals surface area (Å²) in [5.74, 6) is 1.25. The number of piperidine rings is 1. The number of hydrogen-bond donors (Lipinski definition) is 1. The van der Waals surface area contributed by atoms with E-state index >= 15 is 0 Å². The third-order valence-corrected chi connectivity index (χ3v) is 4.50. The largest absolute Gasteiger partial charge is 0.378 e. The molecule has 2 heterocycles. The van der Waals surface area contributed by atoms with Gasteiger partial charge in [0.1, 0.15) is 0 Å². The SMILES string of the molecule is CC(C)[C@@H]1OCCC[C@H]1CNC1CCN(C=O)CC1. The molecule has 0 unspecified atom stereocenters. The lowest BCUT2D eigenvalue weighted by atomic mass is 9.87. The molecule has 1 amide bonds. The topological polar surface area (TPSA) is 41.6 Å². The van der Waals surface area contributed by atoms with Gasteiger partial charge < -0.3 is 15.0 Å². The minimum Gasteiger partial charge on any atom is -0.378 e. The van der Waals surface area contributed by atoms with Crippen LogP contribution in [0.3, 0.4) is 0 Å². The predicted molar refractivity (Wildman–Crippen MR) is 76.0 cm³/mol. The Kier molecular flexibility index (Phi) is 5.64. The molecule has 110 valence electrons. The molecule has 4 heteroatoms. The summed E-state index contributed by atoms with van der Waals surface area (Å²) in [4.78, 5) is 12.6. The molecule has 1 N–H and O–H groups in total. The number of nitrogens with zero attached hydrogens (tertiary/aromatic N) is 1. The molecule has 0 radical (unpaired) electrons. The Bertz CT molecular complexity index is 275. The maximum absolute atomic E-state index is 10.7. The zero-order valence-electron chi connectivity index (χ0n) is 12.3. The Hall–Kier alpha value is -0.610. The van der Waals surface area contributed by atoms with E-state index in [1.807, 2.05) is 4.90 Å². The molecular weight excluding hydrogens is 240 g/mol. The van der Waals surface area contributed by atoms with Crippen LogP contribution in [0.15, 0.2) is 0 Å². The van der Waals surface area contributed by atoms with Crippen molar-refractivity contribution in [3.05, 3.63) is 0 Å². The Morgan fingerprint density at radius 2 is 2.05 bits per heavy atom. The number of ether oxygens (including phenoxy) is 1. The average molecular weight is 268 g/mol. The lowest BCUT2D eigenvalue weighted by molar-refractivity contribution is -0.119. The molecule has 0 aliphatic carbocycles. The lowest BCUT2D eigenvalue weighted by Crippen LogP contribution is -2.46. The quantitative estimate of drug-likeness (QED) is 0.771. The molecule has 0 aromatic carbocycles. The molecule has 0 saturated carbocycles. The summed E-state index contributed by atoms with van der Waals surface area (Å²) in [6.07, 6.45) is 6.02. The molecule has 0 spiro atoms. The molecule has 2 fully saturated rings. The van der Waals surface area contributed by atoms with Gasteiger partial charge in [-0.3, -0.25) is 4.79 Å². The van der Waals surface area contributed by atoms with E-state index in [2.05, 4.69) is 19.2 Å². The summed E-state index contributed by atoms with van der Waals surface area (Å²) in [6.45, 7) is 8.30. The molecule has 2 saturated heterocycles. The van der Waals surface area contributed by atoms with Gasteiger partial charge in [0, 0.05) is 32.3 Å². The van der Waals surface area contributed by atoms with Crippen LogP contribution in [0.5, 0.6) is 0 Å². The number of carbonyl (C=O) groups excluding carboxylic acids is 1. The first kappa shape index (κ1) is 14.8. The molecule has 2 atom stereocenters. The number of carbonyl (C=O) groups is 1. The molecule has 0 aromatic rings. The highest BCUT2D eigenvalue weighted by atomic mass is 16.5. The van der Waals surface area contributed by atoms with Crippen LogP contribution in [0.4, 0.5) is 0 Å². The molecule has 19 heavy (non-hydrogen) atoms. The Morgan fingerprint density at radius 1 is 1.32 bits per heavy atom. The molecule has 0 bridgehead atoms. The van der Waals surface area contributed by atoms with Crippen molar-refractivity contribution < 1.29 is 9.53 Å². The average Bonchev–Trinajstić information content (AvgIpc) is 2.46. The fraction of sp³-hybridized carbons (Fsp3) is 0.933. The van der Waals surface area contributed by atoms with Gasteiger partial charge in [0.2, 0.25) is 6.41 Å². The van der Waals surface area contributed by atoms with Crippen LogP contribution in [-0.2, 0) is 9.53 Å². The minimum atomic E-state index is 0.413. The van der Waals surface area contributed by atoms with Crippen LogP contribution >= 0.6 is 0 Å². The first-order valence-corrected chi connectivity index (χ1v) is 7.75. The van der Waals surface area contributed by atoms with Crippen LogP contribution in [0.1, 0.15) is 39.5 Å². The van der Waals surface area contributed by atoms with Crippen LogP contribution in [-0.4, -0.2) is 49.7 Å². The Balaban J connectivity index is 1.73. The van der Waals surface area contributed by atoms with Crippen molar-refractivity contribution in [1.82, 2.24) is 10.2 Å². The van der Waals surface area contributed by atoms with E-state index in [4.69, 9.17) is 4.74 Å². The van der Waals surface area contributed by atoms with E-state index in [1.165, 1.54) is 12.8 Å². The summed E-state index contributed by atoms with van der Waals surface area (Å²) >= 11 is 0. The van der Waals surface area contributed by atoms with Gasteiger partial charge >= 0.3 is 0 Å². The Labute approximate surface area is 116 Å². The van der Waals surface area contributed by atoms with Gasteiger partial charge in [0.25, 0.3) is 0 Å². The van der Waals surface area contributed by atoms with Crippen molar-refractivity contribution in [2.45, 2.75) is 51.7 Å². The van der Waals surface area contributed by atoms with Crippen molar-refractivity contribution in [2.24, 2.45) is 11.8 Å². The molecule has 2 aliphatic heterocycles. The molecule has 2 rings (SSSR count). The predicted octanol–water partition coefficient (Wildman–Crippen LogP) is 1.65. The standard InChI is InChI=1S/C15H28N2O2/c1-12(2)15-13(4-3-9-19-15)10-16-14-5-7-17(11-18)8-6-14/h11-16H,3-10H2,1-2H3/t13-,15-/m0/s1. The van der Waals surface area contributed by atoms with Crippen molar-refractivity contribution in [1.29, 1.82) is 0 Å². The van der Waals surface area contributed by atoms with E-state index in [0.717, 1.165) is 45.5 Å². The van der Waals surface area contributed by atoms with Crippen LogP contribution < -0.4 is 5.32 Å². The second-order valence-corrected chi connectivity index (χ2v) is 6.31. The number of hydrogen-bond acceptors (Lipinski definition) is 3. The summed E-state index contributed by atoms with van der Waals surface area (Å²) in [5.41, 5.74) is 0. The summed E-state index contributed by atoms with van der Waals surface area (Å²) in [6, 6.07) is 0.575. The number of amides is 1. The number of likely N-dealkylation sites (tertiary alicyclic amines) is 1. The normalized spacial score (nSPS) is 29.7. The highest BCUT2D eigenvalue weighted by Gasteiger charge is 2.29. The Morgan fingerprint density at radius 3 is 2.68 bits per heavy atom. The fourth-order valence-electron chi connectivity index (χ4n) is 3.35. The van der Waals surface area contributed by atoms with Gasteiger partial charge in [0.05, 0.1) is 6.10 Å². The monoisotopic (exact) mass is 268 g/mol. The van der Waals surface area contributed by atoms with Gasteiger partial charge in [-0.15, -0.1) is 0 Å². The second kappa shape index (κ2) is 7.25. The molecular formula is C15H28N2O2. The first-order valence-electron chi connectivity index (χ1n) is 7.75. The fourth-order valence-corrected chi connectivity index (χ4v) is 3.35. The van der Waals surface area contributed by atoms with E-state index in [1.54, 1.807) is 0 Å². The van der Waals surface area contributed by atoms with Gasteiger partial charge in [-0.25, -0.2) is 0 Å². The number of nitrogens with one attached hydrogen (secondary N) is 1. The maximum Gasteiger partial charge on any atom is 0.209 e. The van der Waals surface area contributed by atoms with Crippen molar-refractivity contribution >= 4 is 6.41 Å². The zero-order valence-corrected chi connectivity index (χ0v) is 12.3. The van der Waals surface area contributed by atoms with E-state index in [0.29, 0.717) is 24.0 Å². The number of rotatable bonds is 5. The molecule has 0 aromatic heterocycles. The van der Waals surface area contributed by atoms with Crippen molar-refractivity contribution in [3.63, 3.8) is 0 Å². The van der Waals surface area contributed by atoms with E-state index in [9.17, 15) is 4.79 Å². The lowest BCUT2D eigenvalue weighted by Gasteiger charge is -2.36. The van der Waals surface area contributed by atoms with Crippen LogP contribution in [0, 0.1) is 11.8 Å². The molecule has 2 aliphatic rings. The van der Waals surface area contributed by atoms with Crippen molar-refractivity contribution in [3.8, 4) is 0 Å². The summed E-state index contributed by atoms with van der Waals surface area (Å²) < 4.78 is 5.93.